The molecule has 0 heterocycles. The highest BCUT2D eigenvalue weighted by Gasteiger charge is 2.42. The van der Waals surface area contributed by atoms with Gasteiger partial charge in [0.05, 0.1) is 0 Å². The lowest BCUT2D eigenvalue weighted by Gasteiger charge is -2.27. The maximum absolute atomic E-state index is 12.4. The highest BCUT2D eigenvalue weighted by Crippen LogP contribution is 2.38. The van der Waals surface area contributed by atoms with E-state index in [1.165, 1.54) is 0 Å². The molecular weight excluding hydrogens is 269 g/mol. The summed E-state index contributed by atoms with van der Waals surface area (Å²) < 4.78 is 0. The van der Waals surface area contributed by atoms with Crippen LogP contribution in [0.5, 0.6) is 0 Å². The quantitative estimate of drug-likeness (QED) is 0.922. The number of carbonyl (C=O) groups excluding carboxylic acids is 1. The van der Waals surface area contributed by atoms with Crippen molar-refractivity contribution in [2.75, 3.05) is 0 Å². The molecule has 4 heteroatoms. The normalized spacial score (nSPS) is 27.4. The van der Waals surface area contributed by atoms with Gasteiger partial charge in [0.1, 0.15) is 5.78 Å². The summed E-state index contributed by atoms with van der Waals surface area (Å²) in [5.41, 5.74) is 6.43. The Balaban J connectivity index is 2.19. The fourth-order valence-electron chi connectivity index (χ4n) is 2.59. The average molecular weight is 286 g/mol. The van der Waals surface area contributed by atoms with Crippen LogP contribution in [-0.2, 0) is 11.2 Å². The summed E-state index contributed by atoms with van der Waals surface area (Å²) in [6.07, 6.45) is 3.12. The Hall–Kier alpha value is -0.570. The molecule has 0 spiro atoms. The van der Waals surface area contributed by atoms with Crippen LogP contribution in [0.4, 0.5) is 0 Å². The molecule has 1 aromatic carbocycles. The van der Waals surface area contributed by atoms with Gasteiger partial charge in [-0.25, -0.2) is 0 Å². The Labute approximate surface area is 117 Å². The number of hydrogen-bond donors (Lipinski definition) is 1. The Kier molecular flexibility index (Phi) is 4.00. The van der Waals surface area contributed by atoms with Gasteiger partial charge in [-0.15, -0.1) is 0 Å². The van der Waals surface area contributed by atoms with Crippen molar-refractivity contribution in [1.29, 1.82) is 0 Å². The molecule has 1 aliphatic rings. The second-order valence-electron chi connectivity index (χ2n) is 5.25. The van der Waals surface area contributed by atoms with Crippen LogP contribution in [0.15, 0.2) is 18.2 Å². The molecule has 2 N–H and O–H groups in total. The molecule has 2 rings (SSSR count). The first-order valence-electron chi connectivity index (χ1n) is 6.16. The van der Waals surface area contributed by atoms with Crippen molar-refractivity contribution in [1.82, 2.24) is 0 Å². The lowest BCUT2D eigenvalue weighted by molar-refractivity contribution is -0.127. The molecule has 98 valence electrons. The molecule has 2 unspecified atom stereocenters. The maximum atomic E-state index is 12.4. The monoisotopic (exact) mass is 285 g/mol. The van der Waals surface area contributed by atoms with Gasteiger partial charge in [-0.3, -0.25) is 4.79 Å². The van der Waals surface area contributed by atoms with Crippen molar-refractivity contribution >= 4 is 29.0 Å². The zero-order chi connectivity index (χ0) is 13.3. The number of rotatable bonds is 3. The third-order valence-corrected chi connectivity index (χ3v) is 4.63. The fraction of sp³-hybridized carbons (Fsp3) is 0.500. The van der Waals surface area contributed by atoms with Gasteiger partial charge in [0.2, 0.25) is 0 Å². The van der Waals surface area contributed by atoms with Gasteiger partial charge >= 0.3 is 0 Å². The van der Waals surface area contributed by atoms with Gasteiger partial charge in [0.25, 0.3) is 0 Å². The van der Waals surface area contributed by atoms with E-state index in [4.69, 9.17) is 28.9 Å². The minimum Gasteiger partial charge on any atom is -0.327 e. The Morgan fingerprint density at radius 3 is 2.83 bits per heavy atom. The zero-order valence-corrected chi connectivity index (χ0v) is 11.9. The predicted octanol–water partition coefficient (Wildman–Crippen LogP) is 3.62. The van der Waals surface area contributed by atoms with Crippen LogP contribution in [0.2, 0.25) is 10.0 Å². The lowest BCUT2D eigenvalue weighted by atomic mass is 9.78. The van der Waals surface area contributed by atoms with Crippen LogP contribution in [0.25, 0.3) is 0 Å². The van der Waals surface area contributed by atoms with E-state index >= 15 is 0 Å². The number of hydrogen-bond acceptors (Lipinski definition) is 2. The topological polar surface area (TPSA) is 43.1 Å². The van der Waals surface area contributed by atoms with E-state index in [2.05, 4.69) is 0 Å². The molecule has 2 nitrogen and oxygen atoms in total. The molecule has 1 saturated carbocycles. The number of ketones is 1. The molecule has 1 fully saturated rings. The minimum atomic E-state index is -0.411. The van der Waals surface area contributed by atoms with Crippen molar-refractivity contribution in [2.24, 2.45) is 11.1 Å². The van der Waals surface area contributed by atoms with E-state index in [0.717, 1.165) is 24.8 Å². The summed E-state index contributed by atoms with van der Waals surface area (Å²) in [6.45, 7) is 1.96. The van der Waals surface area contributed by atoms with Gasteiger partial charge in [0, 0.05) is 27.9 Å². The first kappa shape index (κ1) is 13.9. The summed E-state index contributed by atoms with van der Waals surface area (Å²) >= 11 is 12.0. The second kappa shape index (κ2) is 5.20. The average Bonchev–Trinajstić information content (AvgIpc) is 2.66. The highest BCUT2D eigenvalue weighted by molar-refractivity contribution is 6.33. The molecule has 0 amide bonds. The van der Waals surface area contributed by atoms with E-state index in [1.54, 1.807) is 18.2 Å². The van der Waals surface area contributed by atoms with Crippen LogP contribution in [0.3, 0.4) is 0 Å². The summed E-state index contributed by atoms with van der Waals surface area (Å²) in [4.78, 5) is 12.4. The Morgan fingerprint density at radius 1 is 1.50 bits per heavy atom. The molecular formula is C14H17Cl2NO. The zero-order valence-electron chi connectivity index (χ0n) is 10.4. The molecule has 0 bridgehead atoms. The number of carbonyl (C=O) groups is 1. The van der Waals surface area contributed by atoms with Crippen molar-refractivity contribution < 1.29 is 4.79 Å². The van der Waals surface area contributed by atoms with Crippen molar-refractivity contribution in [2.45, 2.75) is 38.6 Å². The van der Waals surface area contributed by atoms with E-state index in [0.29, 0.717) is 16.5 Å². The summed E-state index contributed by atoms with van der Waals surface area (Å²) in [7, 11) is 0. The largest absolute Gasteiger partial charge is 0.327 e. The lowest BCUT2D eigenvalue weighted by Crippen LogP contribution is -2.41. The molecule has 1 aromatic rings. The molecule has 0 saturated heterocycles. The van der Waals surface area contributed by atoms with Crippen LogP contribution < -0.4 is 5.73 Å². The van der Waals surface area contributed by atoms with E-state index in [9.17, 15) is 4.79 Å². The first-order valence-corrected chi connectivity index (χ1v) is 6.92. The van der Waals surface area contributed by atoms with Crippen molar-refractivity contribution in [3.8, 4) is 0 Å². The first-order chi connectivity index (χ1) is 8.43. The van der Waals surface area contributed by atoms with Gasteiger partial charge in [-0.1, -0.05) is 36.5 Å². The third kappa shape index (κ3) is 2.56. The fourth-order valence-corrected chi connectivity index (χ4v) is 2.97. The van der Waals surface area contributed by atoms with E-state index in [1.807, 2.05) is 6.92 Å². The van der Waals surface area contributed by atoms with Gasteiger partial charge in [-0.05, 0) is 36.6 Å². The maximum Gasteiger partial charge on any atom is 0.144 e. The standard InChI is InChI=1S/C14H17Cl2NO/c1-14(6-2-3-12(14)17)13(18)8-9-7-10(15)4-5-11(9)16/h4-5,7,12H,2-3,6,8,17H2,1H3. The Bertz CT molecular complexity index is 475. The molecule has 0 radical (unpaired) electrons. The number of benzene rings is 1. The van der Waals surface area contributed by atoms with Crippen LogP contribution >= 0.6 is 23.2 Å². The third-order valence-electron chi connectivity index (χ3n) is 4.03. The predicted molar refractivity (Wildman–Crippen MR) is 75.1 cm³/mol. The molecule has 18 heavy (non-hydrogen) atoms. The molecule has 0 aliphatic heterocycles. The smallest absolute Gasteiger partial charge is 0.144 e. The summed E-state index contributed by atoms with van der Waals surface area (Å²) in [5.74, 6) is 0.164. The number of halogens is 2. The van der Waals surface area contributed by atoms with Gasteiger partial charge in [0.15, 0.2) is 0 Å². The SMILES string of the molecule is CC1(C(=O)Cc2cc(Cl)ccc2Cl)CCCC1N. The second-order valence-corrected chi connectivity index (χ2v) is 6.10. The van der Waals surface area contributed by atoms with Gasteiger partial charge < -0.3 is 5.73 Å². The number of nitrogens with two attached hydrogens (primary N) is 1. The number of Topliss-reactive ketones (excluding diaryl/α,β-unsaturated/α-hetero) is 1. The molecule has 0 aromatic heterocycles. The van der Waals surface area contributed by atoms with Crippen molar-refractivity contribution in [3.05, 3.63) is 33.8 Å². The molecule has 2 atom stereocenters. The molecule has 1 aliphatic carbocycles. The Morgan fingerprint density at radius 2 is 2.22 bits per heavy atom. The van der Waals surface area contributed by atoms with E-state index < -0.39 is 5.41 Å². The van der Waals surface area contributed by atoms with E-state index in [-0.39, 0.29) is 11.8 Å². The minimum absolute atomic E-state index is 0.0389. The summed E-state index contributed by atoms with van der Waals surface area (Å²) in [6, 6.07) is 5.17. The van der Waals surface area contributed by atoms with Gasteiger partial charge in [-0.2, -0.15) is 0 Å². The van der Waals surface area contributed by atoms with Crippen LogP contribution in [0.1, 0.15) is 31.7 Å². The highest BCUT2D eigenvalue weighted by atomic mass is 35.5. The van der Waals surface area contributed by atoms with Crippen molar-refractivity contribution in [3.63, 3.8) is 0 Å². The van der Waals surface area contributed by atoms with Crippen LogP contribution in [-0.4, -0.2) is 11.8 Å². The van der Waals surface area contributed by atoms with Crippen LogP contribution in [0, 0.1) is 5.41 Å². The summed E-state index contributed by atoms with van der Waals surface area (Å²) in [5, 5.41) is 1.19.